The van der Waals surface area contributed by atoms with E-state index in [1.54, 1.807) is 11.3 Å². The SMILES string of the molecule is COC(=O)c1c(Br)sc(N(C)C2CCC3(CC2)OCCO3)c1C. The van der Waals surface area contributed by atoms with Gasteiger partial charge in [-0.05, 0) is 41.3 Å². The summed E-state index contributed by atoms with van der Waals surface area (Å²) >= 11 is 5.09. The Morgan fingerprint density at radius 3 is 2.52 bits per heavy atom. The predicted octanol–water partition coefficient (Wildman–Crippen LogP) is 3.73. The van der Waals surface area contributed by atoms with Crippen molar-refractivity contribution in [1.29, 1.82) is 0 Å². The van der Waals surface area contributed by atoms with E-state index >= 15 is 0 Å². The molecule has 5 nitrogen and oxygen atoms in total. The molecule has 0 atom stereocenters. The average Bonchev–Trinajstić information content (AvgIpc) is 3.12. The molecule has 3 rings (SSSR count). The molecule has 23 heavy (non-hydrogen) atoms. The van der Waals surface area contributed by atoms with E-state index in [1.807, 2.05) is 6.92 Å². The zero-order valence-electron chi connectivity index (χ0n) is 13.7. The Morgan fingerprint density at radius 2 is 1.96 bits per heavy atom. The Balaban J connectivity index is 1.74. The quantitative estimate of drug-likeness (QED) is 0.719. The number of hydrogen-bond acceptors (Lipinski definition) is 6. The lowest BCUT2D eigenvalue weighted by atomic mass is 9.89. The number of hydrogen-bond donors (Lipinski definition) is 0. The topological polar surface area (TPSA) is 48.0 Å². The van der Waals surface area contributed by atoms with Crippen LogP contribution in [0.2, 0.25) is 0 Å². The molecule has 2 fully saturated rings. The molecule has 7 heteroatoms. The number of nitrogens with zero attached hydrogens (tertiary/aromatic N) is 1. The fourth-order valence-corrected chi connectivity index (χ4v) is 5.50. The summed E-state index contributed by atoms with van der Waals surface area (Å²) in [7, 11) is 3.52. The molecule has 0 radical (unpaired) electrons. The van der Waals surface area contributed by atoms with Crippen molar-refractivity contribution in [3.05, 3.63) is 14.9 Å². The van der Waals surface area contributed by atoms with Crippen LogP contribution in [0.1, 0.15) is 41.6 Å². The highest BCUT2D eigenvalue weighted by molar-refractivity contribution is 9.11. The molecule has 1 aromatic heterocycles. The molecular weight excluding hydrogens is 382 g/mol. The fraction of sp³-hybridized carbons (Fsp3) is 0.688. The minimum atomic E-state index is -0.334. The summed E-state index contributed by atoms with van der Waals surface area (Å²) < 4.78 is 17.3. The second kappa shape index (κ2) is 6.70. The van der Waals surface area contributed by atoms with Gasteiger partial charge in [0.1, 0.15) is 0 Å². The van der Waals surface area contributed by atoms with E-state index < -0.39 is 0 Å². The van der Waals surface area contributed by atoms with E-state index in [0.717, 1.165) is 40.0 Å². The van der Waals surface area contributed by atoms with Crippen LogP contribution in [0.25, 0.3) is 0 Å². The van der Waals surface area contributed by atoms with Crippen molar-refractivity contribution in [1.82, 2.24) is 0 Å². The maximum Gasteiger partial charge on any atom is 0.340 e. The van der Waals surface area contributed by atoms with Gasteiger partial charge in [-0.3, -0.25) is 0 Å². The van der Waals surface area contributed by atoms with Crippen molar-refractivity contribution in [2.24, 2.45) is 0 Å². The molecule has 1 aromatic rings. The van der Waals surface area contributed by atoms with Crippen molar-refractivity contribution in [2.45, 2.75) is 44.4 Å². The first-order valence-corrected chi connectivity index (χ1v) is 9.46. The number of carbonyl (C=O) groups is 1. The van der Waals surface area contributed by atoms with Crippen LogP contribution >= 0.6 is 27.3 Å². The number of thiophene rings is 1. The van der Waals surface area contributed by atoms with Gasteiger partial charge in [-0.25, -0.2) is 4.79 Å². The van der Waals surface area contributed by atoms with Gasteiger partial charge in [-0.15, -0.1) is 11.3 Å². The summed E-state index contributed by atoms with van der Waals surface area (Å²) in [5.41, 5.74) is 1.61. The molecule has 0 unspecified atom stereocenters. The van der Waals surface area contributed by atoms with Crippen LogP contribution < -0.4 is 4.90 Å². The third kappa shape index (κ3) is 3.16. The van der Waals surface area contributed by atoms with Crippen LogP contribution in [0.3, 0.4) is 0 Å². The second-order valence-electron chi connectivity index (χ2n) is 6.12. The molecule has 0 amide bonds. The summed E-state index contributed by atoms with van der Waals surface area (Å²) in [5, 5.41) is 1.12. The summed E-state index contributed by atoms with van der Waals surface area (Å²) in [4.78, 5) is 14.2. The minimum Gasteiger partial charge on any atom is -0.465 e. The molecule has 1 spiro atoms. The summed E-state index contributed by atoms with van der Waals surface area (Å²) in [6, 6.07) is 0.433. The molecule has 1 aliphatic heterocycles. The molecular formula is C16H22BrNO4S. The first-order chi connectivity index (χ1) is 11.0. The zero-order valence-corrected chi connectivity index (χ0v) is 16.1. The molecule has 0 N–H and O–H groups in total. The number of methoxy groups -OCH3 is 1. The highest BCUT2D eigenvalue weighted by Crippen LogP contribution is 2.43. The Hall–Kier alpha value is -0.630. The van der Waals surface area contributed by atoms with E-state index in [2.05, 4.69) is 27.9 Å². The standard InChI is InChI=1S/C16H22BrNO4S/c1-10-12(15(19)20-3)13(17)23-14(10)18(2)11-4-6-16(7-5-11)21-8-9-22-16/h11H,4-9H2,1-3H3. The van der Waals surface area contributed by atoms with Gasteiger partial charge in [-0.1, -0.05) is 0 Å². The Kier molecular flexibility index (Phi) is 5.01. The van der Waals surface area contributed by atoms with Crippen molar-refractivity contribution in [3.8, 4) is 0 Å². The first-order valence-electron chi connectivity index (χ1n) is 7.85. The molecule has 0 aromatic carbocycles. The molecule has 128 valence electrons. The fourth-order valence-electron chi connectivity index (χ4n) is 3.52. The minimum absolute atomic E-state index is 0.291. The van der Waals surface area contributed by atoms with Gasteiger partial charge in [0, 0.05) is 25.9 Å². The number of carbonyl (C=O) groups excluding carboxylic acids is 1. The van der Waals surface area contributed by atoms with Crippen molar-refractivity contribution >= 4 is 38.2 Å². The molecule has 1 saturated carbocycles. The Morgan fingerprint density at radius 1 is 1.35 bits per heavy atom. The number of esters is 1. The highest BCUT2D eigenvalue weighted by atomic mass is 79.9. The van der Waals surface area contributed by atoms with Crippen molar-refractivity contribution in [2.75, 3.05) is 32.3 Å². The number of ether oxygens (including phenoxy) is 3. The van der Waals surface area contributed by atoms with Gasteiger partial charge in [0.25, 0.3) is 0 Å². The molecule has 1 aliphatic carbocycles. The van der Waals surface area contributed by atoms with Gasteiger partial charge in [0.05, 0.1) is 34.7 Å². The summed E-state index contributed by atoms with van der Waals surface area (Å²) in [6.45, 7) is 3.40. The Labute approximate surface area is 149 Å². The largest absolute Gasteiger partial charge is 0.465 e. The lowest BCUT2D eigenvalue weighted by Gasteiger charge is -2.39. The summed E-state index contributed by atoms with van der Waals surface area (Å²) in [5.74, 6) is -0.625. The van der Waals surface area contributed by atoms with Crippen LogP contribution in [0.5, 0.6) is 0 Å². The van der Waals surface area contributed by atoms with Crippen LogP contribution in [-0.4, -0.2) is 45.2 Å². The Bertz CT molecular complexity index is 587. The normalized spacial score (nSPS) is 20.9. The van der Waals surface area contributed by atoms with E-state index in [0.29, 0.717) is 24.8 Å². The average molecular weight is 404 g/mol. The van der Waals surface area contributed by atoms with Gasteiger partial charge >= 0.3 is 5.97 Å². The third-order valence-electron chi connectivity index (χ3n) is 4.87. The molecule has 2 aliphatic rings. The lowest BCUT2D eigenvalue weighted by Crippen LogP contribution is -2.42. The number of halogens is 1. The second-order valence-corrected chi connectivity index (χ2v) is 8.44. The van der Waals surface area contributed by atoms with Crippen molar-refractivity contribution < 1.29 is 19.0 Å². The van der Waals surface area contributed by atoms with E-state index in [1.165, 1.54) is 7.11 Å². The molecule has 1 saturated heterocycles. The smallest absolute Gasteiger partial charge is 0.340 e. The van der Waals surface area contributed by atoms with Crippen LogP contribution in [0, 0.1) is 6.92 Å². The van der Waals surface area contributed by atoms with Gasteiger partial charge in [0.15, 0.2) is 5.79 Å². The van der Waals surface area contributed by atoms with E-state index in [4.69, 9.17) is 14.2 Å². The van der Waals surface area contributed by atoms with E-state index in [9.17, 15) is 4.79 Å². The summed E-state index contributed by atoms with van der Waals surface area (Å²) in [6.07, 6.45) is 3.91. The predicted molar refractivity (Wildman–Crippen MR) is 93.4 cm³/mol. The molecule has 2 heterocycles. The molecule has 0 bridgehead atoms. The third-order valence-corrected chi connectivity index (χ3v) is 6.92. The van der Waals surface area contributed by atoms with Gasteiger partial charge in [0.2, 0.25) is 0 Å². The van der Waals surface area contributed by atoms with Crippen LogP contribution in [0.4, 0.5) is 5.00 Å². The number of rotatable bonds is 3. The first kappa shape index (κ1) is 17.2. The van der Waals surface area contributed by atoms with Crippen LogP contribution in [0.15, 0.2) is 3.79 Å². The lowest BCUT2D eigenvalue weighted by molar-refractivity contribution is -0.178. The monoisotopic (exact) mass is 403 g/mol. The highest BCUT2D eigenvalue weighted by Gasteiger charge is 2.41. The maximum atomic E-state index is 11.9. The maximum absolute atomic E-state index is 11.9. The van der Waals surface area contributed by atoms with E-state index in [-0.39, 0.29) is 11.8 Å². The number of anilines is 1. The van der Waals surface area contributed by atoms with Crippen LogP contribution in [-0.2, 0) is 14.2 Å². The zero-order chi connectivity index (χ0) is 16.6. The van der Waals surface area contributed by atoms with Crippen molar-refractivity contribution in [3.63, 3.8) is 0 Å². The van der Waals surface area contributed by atoms with Gasteiger partial charge in [-0.2, -0.15) is 0 Å². The van der Waals surface area contributed by atoms with Gasteiger partial charge < -0.3 is 19.1 Å².